The maximum Gasteiger partial charge on any atom is 0.0355 e. The van der Waals surface area contributed by atoms with Gasteiger partial charge in [0, 0.05) is 15.0 Å². The van der Waals surface area contributed by atoms with Crippen LogP contribution in [0.25, 0.3) is 87.6 Å². The van der Waals surface area contributed by atoms with E-state index in [2.05, 4.69) is 148 Å². The first kappa shape index (κ1) is 25.7. The summed E-state index contributed by atoms with van der Waals surface area (Å²) in [6, 6.07) is 42.9. The lowest BCUT2D eigenvalue weighted by molar-refractivity contribution is 1.51. The van der Waals surface area contributed by atoms with Gasteiger partial charge in [-0.2, -0.15) is 0 Å². The van der Waals surface area contributed by atoms with Crippen LogP contribution in [-0.2, 0) is 0 Å². The Balaban J connectivity index is 1.53. The maximum atomic E-state index is 4.17. The Morgan fingerprint density at radius 3 is 2.02 bits per heavy atom. The quantitative estimate of drug-likeness (QED) is 0.147. The second-order valence-corrected chi connectivity index (χ2v) is 12.4. The zero-order valence-corrected chi connectivity index (χ0v) is 25.1. The van der Waals surface area contributed by atoms with Gasteiger partial charge in [0.1, 0.15) is 0 Å². The number of allylic oxidation sites excluding steroid dienone is 1. The molecule has 1 aromatic heterocycles. The van der Waals surface area contributed by atoms with Crippen molar-refractivity contribution in [1.29, 1.82) is 0 Å². The molecule has 1 heteroatoms. The topological polar surface area (TPSA) is 0 Å². The first-order valence-corrected chi connectivity index (χ1v) is 15.7. The number of benzene rings is 7. The highest BCUT2D eigenvalue weighted by Gasteiger charge is 2.20. The second-order valence-electron chi connectivity index (χ2n) is 11.3. The van der Waals surface area contributed by atoms with Gasteiger partial charge in [0.2, 0.25) is 0 Å². The molecule has 0 unspecified atom stereocenters. The van der Waals surface area contributed by atoms with Gasteiger partial charge >= 0.3 is 0 Å². The summed E-state index contributed by atoms with van der Waals surface area (Å²) in [5, 5.41) is 11.5. The molecule has 0 aliphatic carbocycles. The van der Waals surface area contributed by atoms with Gasteiger partial charge in [-0.3, -0.25) is 0 Å². The van der Waals surface area contributed by atoms with E-state index in [4.69, 9.17) is 0 Å². The molecule has 0 fully saturated rings. The molecule has 8 rings (SSSR count). The summed E-state index contributed by atoms with van der Waals surface area (Å²) in [4.78, 5) is 1.26. The molecule has 204 valence electrons. The van der Waals surface area contributed by atoms with E-state index in [0.29, 0.717) is 0 Å². The number of aryl methyl sites for hydroxylation is 1. The molecule has 0 atom stereocenters. The van der Waals surface area contributed by atoms with Gasteiger partial charge in [0.25, 0.3) is 0 Å². The average molecular weight is 567 g/mol. The molecule has 0 radical (unpaired) electrons. The fourth-order valence-electron chi connectivity index (χ4n) is 6.93. The molecule has 0 saturated carbocycles. The summed E-state index contributed by atoms with van der Waals surface area (Å²) in [6.07, 6.45) is 6.31. The van der Waals surface area contributed by atoms with Crippen molar-refractivity contribution >= 4 is 76.7 Å². The molecule has 8 aromatic rings. The number of hydrogen-bond donors (Lipinski definition) is 0. The van der Waals surface area contributed by atoms with Crippen LogP contribution in [0.2, 0.25) is 0 Å². The highest BCUT2D eigenvalue weighted by Crippen LogP contribution is 2.47. The van der Waals surface area contributed by atoms with Crippen LogP contribution in [0.3, 0.4) is 0 Å². The highest BCUT2D eigenvalue weighted by molar-refractivity contribution is 7.20. The van der Waals surface area contributed by atoms with Crippen molar-refractivity contribution in [1.82, 2.24) is 0 Å². The Kier molecular flexibility index (Phi) is 6.03. The highest BCUT2D eigenvalue weighted by atomic mass is 32.1. The SMILES string of the molecule is C=Cc1c(/C=C\C)sc2ccc(-c3c4ccccc4c(-c4cc5ccccc5c5ccccc45)c4ccc(C)cc34)cc12. The van der Waals surface area contributed by atoms with Crippen LogP contribution in [-0.4, -0.2) is 0 Å². The third-order valence-electron chi connectivity index (χ3n) is 8.78. The van der Waals surface area contributed by atoms with Crippen LogP contribution in [0, 0.1) is 6.92 Å². The zero-order valence-electron chi connectivity index (χ0n) is 24.3. The molecule has 43 heavy (non-hydrogen) atoms. The predicted octanol–water partition coefficient (Wildman–Crippen LogP) is 12.8. The molecule has 0 spiro atoms. The summed E-state index contributed by atoms with van der Waals surface area (Å²) in [7, 11) is 0. The van der Waals surface area contributed by atoms with Crippen LogP contribution in [0.1, 0.15) is 22.9 Å². The Labute approximate surface area is 255 Å². The van der Waals surface area contributed by atoms with Gasteiger partial charge in [0.05, 0.1) is 0 Å². The second kappa shape index (κ2) is 10.1. The lowest BCUT2D eigenvalue weighted by Gasteiger charge is -2.20. The minimum absolute atomic E-state index is 1.21. The van der Waals surface area contributed by atoms with Gasteiger partial charge in [0.15, 0.2) is 0 Å². The van der Waals surface area contributed by atoms with Gasteiger partial charge in [-0.15, -0.1) is 11.3 Å². The van der Waals surface area contributed by atoms with E-state index in [1.54, 1.807) is 0 Å². The van der Waals surface area contributed by atoms with Crippen LogP contribution in [0.4, 0.5) is 0 Å². The fourth-order valence-corrected chi connectivity index (χ4v) is 8.09. The van der Waals surface area contributed by atoms with E-state index in [-0.39, 0.29) is 0 Å². The van der Waals surface area contributed by atoms with Crippen molar-refractivity contribution in [3.8, 4) is 22.3 Å². The largest absolute Gasteiger partial charge is 0.135 e. The molecule has 0 bridgehead atoms. The van der Waals surface area contributed by atoms with E-state index in [1.165, 1.54) is 91.4 Å². The minimum atomic E-state index is 1.21. The smallest absolute Gasteiger partial charge is 0.0355 e. The first-order chi connectivity index (χ1) is 21.2. The lowest BCUT2D eigenvalue weighted by atomic mass is 9.83. The monoisotopic (exact) mass is 566 g/mol. The molecule has 0 saturated heterocycles. The Morgan fingerprint density at radius 1 is 0.581 bits per heavy atom. The van der Waals surface area contributed by atoms with Crippen molar-refractivity contribution in [3.05, 3.63) is 144 Å². The molecule has 0 aliphatic heterocycles. The normalized spacial score (nSPS) is 12.0. The Bertz CT molecular complexity index is 2430. The van der Waals surface area contributed by atoms with Gasteiger partial charge < -0.3 is 0 Å². The lowest BCUT2D eigenvalue weighted by Crippen LogP contribution is -1.93. The third-order valence-corrected chi connectivity index (χ3v) is 9.93. The van der Waals surface area contributed by atoms with Crippen molar-refractivity contribution < 1.29 is 0 Å². The predicted molar refractivity (Wildman–Crippen MR) is 192 cm³/mol. The number of fused-ring (bicyclic) bond motifs is 6. The zero-order chi connectivity index (χ0) is 29.1. The molecule has 0 N–H and O–H groups in total. The molecular formula is C42H30S. The van der Waals surface area contributed by atoms with Crippen LogP contribution < -0.4 is 0 Å². The summed E-state index contributed by atoms with van der Waals surface area (Å²) in [5.41, 5.74) is 7.58. The molecule has 7 aromatic carbocycles. The number of hydrogen-bond acceptors (Lipinski definition) is 1. The fraction of sp³-hybridized carbons (Fsp3) is 0.0476. The number of rotatable bonds is 4. The Morgan fingerprint density at radius 2 is 1.26 bits per heavy atom. The first-order valence-electron chi connectivity index (χ1n) is 14.8. The van der Waals surface area contributed by atoms with Crippen LogP contribution in [0.5, 0.6) is 0 Å². The van der Waals surface area contributed by atoms with Crippen LogP contribution >= 0.6 is 11.3 Å². The van der Waals surface area contributed by atoms with E-state index in [1.807, 2.05) is 17.4 Å². The van der Waals surface area contributed by atoms with Crippen molar-refractivity contribution in [2.75, 3.05) is 0 Å². The van der Waals surface area contributed by atoms with E-state index >= 15 is 0 Å². The molecule has 0 amide bonds. The van der Waals surface area contributed by atoms with E-state index < -0.39 is 0 Å². The molecule has 0 nitrogen and oxygen atoms in total. The van der Waals surface area contributed by atoms with Crippen molar-refractivity contribution in [2.45, 2.75) is 13.8 Å². The van der Waals surface area contributed by atoms with Crippen molar-refractivity contribution in [2.24, 2.45) is 0 Å². The number of thiophene rings is 1. The summed E-state index contributed by atoms with van der Waals surface area (Å²) in [5.74, 6) is 0. The van der Waals surface area contributed by atoms with Gasteiger partial charge in [-0.1, -0.05) is 121 Å². The third kappa shape index (κ3) is 3.96. The Hall–Kier alpha value is -4.98. The summed E-state index contributed by atoms with van der Waals surface area (Å²) >= 11 is 1.83. The standard InChI is InChI=1S/C42H30S/c1-4-12-39-29(5-2)36-25-28(20-22-40(36)43-39)41-33-17-10-11-18-34(33)42(35-21-19-26(3)23-37(35)41)38-24-27-13-6-7-14-30(27)31-15-8-9-16-32(31)38/h4-25H,2H2,1,3H3/b12-4-. The van der Waals surface area contributed by atoms with Crippen molar-refractivity contribution in [3.63, 3.8) is 0 Å². The van der Waals surface area contributed by atoms with Crippen LogP contribution in [0.15, 0.2) is 128 Å². The maximum absolute atomic E-state index is 4.17. The molecule has 1 heterocycles. The molecule has 0 aliphatic rings. The minimum Gasteiger partial charge on any atom is -0.135 e. The summed E-state index contributed by atoms with van der Waals surface area (Å²) in [6.45, 7) is 8.45. The summed E-state index contributed by atoms with van der Waals surface area (Å²) < 4.78 is 1.29. The van der Waals surface area contributed by atoms with Gasteiger partial charge in [-0.25, -0.2) is 0 Å². The molecular weight excluding hydrogens is 537 g/mol. The van der Waals surface area contributed by atoms with E-state index in [0.717, 1.165) is 0 Å². The average Bonchev–Trinajstić information content (AvgIpc) is 3.39. The van der Waals surface area contributed by atoms with Gasteiger partial charge in [-0.05, 0) is 109 Å². The van der Waals surface area contributed by atoms with E-state index in [9.17, 15) is 0 Å².